The van der Waals surface area contributed by atoms with Crippen molar-refractivity contribution in [1.29, 1.82) is 5.26 Å². The minimum atomic E-state index is -1.28. The van der Waals surface area contributed by atoms with Crippen LogP contribution in [0.2, 0.25) is 0 Å². The first kappa shape index (κ1) is 28.7. The third-order valence-corrected chi connectivity index (χ3v) is 11.4. The predicted octanol–water partition coefficient (Wildman–Crippen LogP) is 10.5. The number of nitrogens with zero attached hydrogens (tertiary/aromatic N) is 2. The molecule has 5 nitrogen and oxygen atoms in total. The highest BCUT2D eigenvalue weighted by atomic mass is 32.1. The second kappa shape index (κ2) is 11.5. The Morgan fingerprint density at radius 2 is 1.24 bits per heavy atom. The van der Waals surface area contributed by atoms with E-state index in [2.05, 4.69) is 104 Å². The maximum Gasteiger partial charge on any atom is 0.346 e. The molecule has 0 aliphatic heterocycles. The lowest BCUT2D eigenvalue weighted by molar-refractivity contribution is -0.132. The van der Waals surface area contributed by atoms with E-state index < -0.39 is 5.97 Å². The van der Waals surface area contributed by atoms with E-state index in [0.29, 0.717) is 16.0 Å². The van der Waals surface area contributed by atoms with E-state index in [1.807, 2.05) is 6.07 Å². The molecule has 3 aromatic heterocycles. The summed E-state index contributed by atoms with van der Waals surface area (Å²) in [5, 5.41) is 18.3. The number of hydrogen-bond acceptors (Lipinski definition) is 7. The predicted molar refractivity (Wildman–Crippen MR) is 185 cm³/mol. The van der Waals surface area contributed by atoms with Crippen molar-refractivity contribution >= 4 is 68.9 Å². The number of aliphatic carboxylic acids is 1. The zero-order valence-electron chi connectivity index (χ0n) is 24.2. The number of anilines is 3. The molecule has 7 rings (SSSR count). The molecule has 8 heteroatoms. The Kier molecular flexibility index (Phi) is 7.30. The van der Waals surface area contributed by atoms with Gasteiger partial charge in [-0.15, -0.1) is 34.0 Å². The van der Waals surface area contributed by atoms with Gasteiger partial charge in [-0.2, -0.15) is 5.26 Å². The zero-order chi connectivity index (χ0) is 31.2. The van der Waals surface area contributed by atoms with Gasteiger partial charge in [0.1, 0.15) is 11.6 Å². The second-order valence-corrected chi connectivity index (χ2v) is 14.0. The highest BCUT2D eigenvalue weighted by molar-refractivity contribution is 7.28. The molecule has 1 aliphatic carbocycles. The molecule has 0 spiro atoms. The fourth-order valence-corrected chi connectivity index (χ4v) is 8.84. The summed E-state index contributed by atoms with van der Waals surface area (Å²) in [6, 6.07) is 35.3. The number of fused-ring (bicyclic) bond motifs is 3. The molecule has 45 heavy (non-hydrogen) atoms. The lowest BCUT2D eigenvalue weighted by atomic mass is 10.1. The summed E-state index contributed by atoms with van der Waals surface area (Å²) in [6.07, 6.45) is 1.32. The molecule has 0 amide bonds. The van der Waals surface area contributed by atoms with E-state index in [-0.39, 0.29) is 11.4 Å². The van der Waals surface area contributed by atoms with Crippen molar-refractivity contribution in [3.05, 3.63) is 130 Å². The van der Waals surface area contributed by atoms with Crippen LogP contribution in [0.3, 0.4) is 0 Å². The summed E-state index contributed by atoms with van der Waals surface area (Å²) < 4.78 is 0. The van der Waals surface area contributed by atoms with Crippen LogP contribution < -0.4 is 4.90 Å². The topological polar surface area (TPSA) is 81.4 Å². The van der Waals surface area contributed by atoms with Gasteiger partial charge in [-0.05, 0) is 86.2 Å². The van der Waals surface area contributed by atoms with E-state index in [9.17, 15) is 14.7 Å². The summed E-state index contributed by atoms with van der Waals surface area (Å²) >= 11 is 4.60. The van der Waals surface area contributed by atoms with Gasteiger partial charge in [0.25, 0.3) is 0 Å². The molecule has 1 aliphatic rings. The maximum absolute atomic E-state index is 13.2. The van der Waals surface area contributed by atoms with Crippen molar-refractivity contribution in [3.8, 4) is 36.0 Å². The lowest BCUT2D eigenvalue weighted by Gasteiger charge is -2.26. The fraction of sp³-hybridized carbons (Fsp3) is 0.0541. The van der Waals surface area contributed by atoms with Crippen LogP contribution in [0.25, 0.3) is 36.0 Å². The molecular weight excluding hydrogens is 617 g/mol. The molecule has 0 saturated heterocycles. The summed E-state index contributed by atoms with van der Waals surface area (Å²) in [5.74, 6) is -1.35. The van der Waals surface area contributed by atoms with Crippen LogP contribution in [0.5, 0.6) is 0 Å². The first-order valence-electron chi connectivity index (χ1n) is 14.1. The molecular formula is C37H24N2O3S3. The highest BCUT2D eigenvalue weighted by Crippen LogP contribution is 2.50. The Labute approximate surface area is 272 Å². The van der Waals surface area contributed by atoms with Crippen LogP contribution in [0, 0.1) is 25.2 Å². The Bertz CT molecular complexity index is 2130. The normalized spacial score (nSPS) is 12.1. The van der Waals surface area contributed by atoms with Gasteiger partial charge >= 0.3 is 5.97 Å². The average Bonchev–Trinajstić information content (AvgIpc) is 3.83. The van der Waals surface area contributed by atoms with Crippen LogP contribution in [0.4, 0.5) is 17.1 Å². The molecule has 3 heterocycles. The molecule has 1 N–H and O–H groups in total. The molecule has 0 bridgehead atoms. The van der Waals surface area contributed by atoms with Crippen molar-refractivity contribution in [1.82, 2.24) is 0 Å². The Morgan fingerprint density at radius 3 is 1.82 bits per heavy atom. The monoisotopic (exact) mass is 640 g/mol. The van der Waals surface area contributed by atoms with E-state index in [0.717, 1.165) is 47.0 Å². The first-order chi connectivity index (χ1) is 21.8. The largest absolute Gasteiger partial charge is 0.477 e. The van der Waals surface area contributed by atoms with Gasteiger partial charge in [0, 0.05) is 47.7 Å². The number of carbonyl (C=O) groups excluding carboxylic acids is 1. The Morgan fingerprint density at radius 1 is 0.711 bits per heavy atom. The number of hydrogen-bond donors (Lipinski definition) is 1. The third kappa shape index (κ3) is 5.32. The van der Waals surface area contributed by atoms with Crippen molar-refractivity contribution in [2.75, 3.05) is 4.90 Å². The van der Waals surface area contributed by atoms with Crippen molar-refractivity contribution < 1.29 is 14.7 Å². The third-order valence-electron chi connectivity index (χ3n) is 7.66. The Balaban J connectivity index is 1.17. The SMILES string of the molecule is Cc1ccc(N(c2ccc(C)cc2)c2ccc(-c3ccc(-c4cc5c(s4)-c4sc(C=C(C#N)C(=O)O)cc4C5=O)s3)cc2)cc1. The molecule has 0 radical (unpaired) electrons. The number of ketones is 1. The summed E-state index contributed by atoms with van der Waals surface area (Å²) in [5.41, 5.74) is 7.71. The molecule has 218 valence electrons. The summed E-state index contributed by atoms with van der Waals surface area (Å²) in [4.78, 5) is 32.3. The van der Waals surface area contributed by atoms with Gasteiger partial charge < -0.3 is 10.0 Å². The van der Waals surface area contributed by atoms with Crippen LogP contribution in [0.1, 0.15) is 31.9 Å². The second-order valence-electron chi connectivity index (χ2n) is 10.8. The van der Waals surface area contributed by atoms with Crippen molar-refractivity contribution in [2.24, 2.45) is 0 Å². The minimum Gasteiger partial charge on any atom is -0.477 e. The van der Waals surface area contributed by atoms with Crippen LogP contribution in [-0.2, 0) is 4.79 Å². The van der Waals surface area contributed by atoms with Gasteiger partial charge in [-0.1, -0.05) is 47.5 Å². The van der Waals surface area contributed by atoms with E-state index >= 15 is 0 Å². The van der Waals surface area contributed by atoms with E-state index in [4.69, 9.17) is 5.26 Å². The fourth-order valence-electron chi connectivity index (χ4n) is 5.33. The average molecular weight is 641 g/mol. The number of carbonyl (C=O) groups is 2. The number of carboxylic acid groups (broad SMARTS) is 1. The number of carboxylic acids is 1. The first-order valence-corrected chi connectivity index (χ1v) is 16.6. The van der Waals surface area contributed by atoms with Gasteiger partial charge in [0.05, 0.1) is 9.75 Å². The van der Waals surface area contributed by atoms with Crippen LogP contribution in [0.15, 0.2) is 103 Å². The van der Waals surface area contributed by atoms with Gasteiger partial charge in [-0.25, -0.2) is 4.79 Å². The molecule has 0 saturated carbocycles. The summed E-state index contributed by atoms with van der Waals surface area (Å²) in [6.45, 7) is 4.19. The van der Waals surface area contributed by atoms with Crippen molar-refractivity contribution in [3.63, 3.8) is 0 Å². The quantitative estimate of drug-likeness (QED) is 0.138. The van der Waals surface area contributed by atoms with E-state index in [1.54, 1.807) is 34.8 Å². The number of nitriles is 1. The van der Waals surface area contributed by atoms with Crippen LogP contribution >= 0.6 is 34.0 Å². The Hall–Kier alpha value is -5.07. The van der Waals surface area contributed by atoms with Gasteiger partial charge in [0.15, 0.2) is 5.78 Å². The number of aryl methyl sites for hydroxylation is 2. The molecule has 0 unspecified atom stereocenters. The van der Waals surface area contributed by atoms with Crippen molar-refractivity contribution in [2.45, 2.75) is 13.8 Å². The van der Waals surface area contributed by atoms with E-state index in [1.165, 1.54) is 28.5 Å². The smallest absolute Gasteiger partial charge is 0.346 e. The van der Waals surface area contributed by atoms with Gasteiger partial charge in [-0.3, -0.25) is 4.79 Å². The molecule has 0 fully saturated rings. The summed E-state index contributed by atoms with van der Waals surface area (Å²) in [7, 11) is 0. The van der Waals surface area contributed by atoms with Gasteiger partial charge in [0.2, 0.25) is 0 Å². The van der Waals surface area contributed by atoms with Crippen LogP contribution in [-0.4, -0.2) is 16.9 Å². The minimum absolute atomic E-state index is 0.0636. The number of rotatable bonds is 7. The molecule has 6 aromatic rings. The zero-order valence-corrected chi connectivity index (χ0v) is 26.6. The lowest BCUT2D eigenvalue weighted by Crippen LogP contribution is -2.09. The number of thiophene rings is 3. The molecule has 3 aromatic carbocycles. The highest BCUT2D eigenvalue weighted by Gasteiger charge is 2.32. The maximum atomic E-state index is 13.2. The number of benzene rings is 3. The standard InChI is InChI=1S/C37H24N2O3S3/c1-21-3-9-25(10-4-21)39(26-11-5-22(2)6-12-26)27-13-7-23(8-14-27)31-15-16-32(44-31)33-19-30-34(40)29-18-28(17-24(20-38)37(41)42)43-35(29)36(30)45-33/h3-19H,1-2H3,(H,41,42). The molecule has 0 atom stereocenters.